The Morgan fingerprint density at radius 2 is 2.05 bits per heavy atom. The molecule has 2 nitrogen and oxygen atoms in total. The van der Waals surface area contributed by atoms with Gasteiger partial charge in [0.1, 0.15) is 5.82 Å². The van der Waals surface area contributed by atoms with Crippen molar-refractivity contribution in [3.8, 4) is 0 Å². The molecule has 1 aromatic heterocycles. The Hall–Kier alpha value is -1.43. The molecule has 21 heavy (non-hydrogen) atoms. The molecule has 0 fully saturated rings. The van der Waals surface area contributed by atoms with Crippen LogP contribution in [0, 0.1) is 5.82 Å². The third-order valence-electron chi connectivity index (χ3n) is 2.91. The lowest BCUT2D eigenvalue weighted by Crippen LogP contribution is -2.10. The van der Waals surface area contributed by atoms with Crippen molar-refractivity contribution in [3.63, 3.8) is 0 Å². The van der Waals surface area contributed by atoms with Gasteiger partial charge >= 0.3 is 0 Å². The summed E-state index contributed by atoms with van der Waals surface area (Å²) < 4.78 is 14.5. The summed E-state index contributed by atoms with van der Waals surface area (Å²) in [6.45, 7) is 0. The Bertz CT molecular complexity index is 849. The minimum absolute atomic E-state index is 0.250. The fourth-order valence-electron chi connectivity index (χ4n) is 1.90. The fraction of sp³-hybridized carbons (Fsp3) is 0. The molecule has 3 aromatic rings. The van der Waals surface area contributed by atoms with E-state index in [9.17, 15) is 9.18 Å². The van der Waals surface area contributed by atoms with Crippen molar-refractivity contribution in [2.24, 2.45) is 0 Å². The number of carbonyl (C=O) groups excluding carboxylic acids is 1. The highest BCUT2D eigenvalue weighted by Gasteiger charge is 2.13. The van der Waals surface area contributed by atoms with E-state index in [1.54, 1.807) is 30.3 Å². The SMILES string of the molecule is O=C(Nc1cccc(Cl)c1Br)c1cc2ccc(F)cc2s1. The van der Waals surface area contributed by atoms with Crippen molar-refractivity contribution in [2.45, 2.75) is 0 Å². The van der Waals surface area contributed by atoms with Crippen LogP contribution < -0.4 is 5.32 Å². The Balaban J connectivity index is 1.91. The first-order valence-corrected chi connectivity index (χ1v) is 7.98. The molecule has 1 amide bonds. The first-order chi connectivity index (χ1) is 10.0. The van der Waals surface area contributed by atoms with Crippen LogP contribution >= 0.6 is 38.9 Å². The summed E-state index contributed by atoms with van der Waals surface area (Å²) in [7, 11) is 0. The van der Waals surface area contributed by atoms with Crippen LogP contribution in [0.2, 0.25) is 5.02 Å². The third kappa shape index (κ3) is 2.95. The van der Waals surface area contributed by atoms with E-state index in [1.807, 2.05) is 0 Å². The Morgan fingerprint density at radius 3 is 2.86 bits per heavy atom. The first kappa shape index (κ1) is 14.5. The Kier molecular flexibility index (Phi) is 3.97. The largest absolute Gasteiger partial charge is 0.320 e. The number of fused-ring (bicyclic) bond motifs is 1. The first-order valence-electron chi connectivity index (χ1n) is 5.99. The summed E-state index contributed by atoms with van der Waals surface area (Å²) in [4.78, 5) is 12.8. The molecule has 0 spiro atoms. The summed E-state index contributed by atoms with van der Waals surface area (Å²) in [5, 5.41) is 4.15. The van der Waals surface area contributed by atoms with E-state index in [4.69, 9.17) is 11.6 Å². The predicted octanol–water partition coefficient (Wildman–Crippen LogP) is 5.71. The second-order valence-electron chi connectivity index (χ2n) is 4.35. The number of benzene rings is 2. The molecule has 0 unspecified atom stereocenters. The van der Waals surface area contributed by atoms with Gasteiger partial charge in [0.05, 0.1) is 20.1 Å². The number of hydrogen-bond donors (Lipinski definition) is 1. The standard InChI is InChI=1S/C15H8BrClFNOS/c16-14-10(17)2-1-3-11(14)19-15(20)13-6-8-4-5-9(18)7-12(8)21-13/h1-7H,(H,19,20). The zero-order valence-corrected chi connectivity index (χ0v) is 13.7. The summed E-state index contributed by atoms with van der Waals surface area (Å²) >= 11 is 10.6. The van der Waals surface area contributed by atoms with Crippen LogP contribution in [-0.2, 0) is 0 Å². The number of amides is 1. The maximum Gasteiger partial charge on any atom is 0.265 e. The van der Waals surface area contributed by atoms with Crippen molar-refractivity contribution in [3.05, 3.63) is 62.7 Å². The van der Waals surface area contributed by atoms with Gasteiger partial charge in [0.2, 0.25) is 0 Å². The smallest absolute Gasteiger partial charge is 0.265 e. The normalized spacial score (nSPS) is 10.8. The number of nitrogens with one attached hydrogen (secondary N) is 1. The molecule has 1 N–H and O–H groups in total. The van der Waals surface area contributed by atoms with E-state index in [2.05, 4.69) is 21.2 Å². The molecule has 3 rings (SSSR count). The molecule has 0 saturated heterocycles. The monoisotopic (exact) mass is 383 g/mol. The maximum atomic E-state index is 13.2. The minimum Gasteiger partial charge on any atom is -0.320 e. The van der Waals surface area contributed by atoms with Gasteiger partial charge in [-0.3, -0.25) is 4.79 Å². The molecule has 0 aliphatic heterocycles. The summed E-state index contributed by atoms with van der Waals surface area (Å²) in [6, 6.07) is 11.4. The second kappa shape index (κ2) is 5.75. The molecule has 1 heterocycles. The van der Waals surface area contributed by atoms with Gasteiger partial charge in [-0.15, -0.1) is 11.3 Å². The second-order valence-corrected chi connectivity index (χ2v) is 6.63. The number of halogens is 3. The highest BCUT2D eigenvalue weighted by Crippen LogP contribution is 2.31. The molecule has 0 bridgehead atoms. The third-order valence-corrected chi connectivity index (χ3v) is 5.40. The van der Waals surface area contributed by atoms with Crippen molar-refractivity contribution in [1.82, 2.24) is 0 Å². The topological polar surface area (TPSA) is 29.1 Å². The van der Waals surface area contributed by atoms with E-state index in [-0.39, 0.29) is 11.7 Å². The highest BCUT2D eigenvalue weighted by molar-refractivity contribution is 9.10. The van der Waals surface area contributed by atoms with Crippen LogP contribution in [0.15, 0.2) is 46.9 Å². The van der Waals surface area contributed by atoms with E-state index >= 15 is 0 Å². The Morgan fingerprint density at radius 1 is 1.24 bits per heavy atom. The Labute approximate surface area is 137 Å². The zero-order chi connectivity index (χ0) is 15.0. The van der Waals surface area contributed by atoms with Crippen LogP contribution in [0.3, 0.4) is 0 Å². The van der Waals surface area contributed by atoms with Gasteiger partial charge < -0.3 is 5.32 Å². The van der Waals surface area contributed by atoms with Gasteiger partial charge in [-0.1, -0.05) is 23.7 Å². The van der Waals surface area contributed by atoms with E-state index in [1.165, 1.54) is 23.5 Å². The molecular formula is C15H8BrClFNOS. The lowest BCUT2D eigenvalue weighted by Gasteiger charge is -2.06. The van der Waals surface area contributed by atoms with Crippen molar-refractivity contribution in [1.29, 1.82) is 0 Å². The minimum atomic E-state index is -0.311. The number of anilines is 1. The van der Waals surface area contributed by atoms with Gasteiger partial charge in [-0.05, 0) is 51.6 Å². The van der Waals surface area contributed by atoms with Gasteiger partial charge in [0, 0.05) is 4.70 Å². The van der Waals surface area contributed by atoms with Crippen LogP contribution in [-0.4, -0.2) is 5.91 Å². The van der Waals surface area contributed by atoms with E-state index in [0.29, 0.717) is 20.1 Å². The van der Waals surface area contributed by atoms with Crippen molar-refractivity contribution >= 4 is 60.5 Å². The van der Waals surface area contributed by atoms with Gasteiger partial charge in [-0.25, -0.2) is 4.39 Å². The molecule has 0 saturated carbocycles. The van der Waals surface area contributed by atoms with Crippen LogP contribution in [0.5, 0.6) is 0 Å². The summed E-state index contributed by atoms with van der Waals surface area (Å²) in [5.41, 5.74) is 0.594. The average Bonchev–Trinajstić information content (AvgIpc) is 2.87. The molecule has 6 heteroatoms. The summed E-state index contributed by atoms with van der Waals surface area (Å²) in [6.07, 6.45) is 0. The maximum absolute atomic E-state index is 13.2. The molecule has 0 radical (unpaired) electrons. The lowest BCUT2D eigenvalue weighted by molar-refractivity contribution is 0.103. The molecule has 2 aromatic carbocycles. The van der Waals surface area contributed by atoms with Crippen molar-refractivity contribution < 1.29 is 9.18 Å². The molecular weight excluding hydrogens is 377 g/mol. The quantitative estimate of drug-likeness (QED) is 0.602. The lowest BCUT2D eigenvalue weighted by atomic mass is 10.2. The molecule has 106 valence electrons. The van der Waals surface area contributed by atoms with Crippen molar-refractivity contribution in [2.75, 3.05) is 5.32 Å². The van der Waals surface area contributed by atoms with E-state index in [0.717, 1.165) is 10.1 Å². The number of carbonyl (C=O) groups is 1. The predicted molar refractivity (Wildman–Crippen MR) is 88.9 cm³/mol. The van der Waals surface area contributed by atoms with E-state index < -0.39 is 0 Å². The molecule has 0 atom stereocenters. The zero-order valence-electron chi connectivity index (χ0n) is 10.5. The molecule has 0 aliphatic carbocycles. The van der Waals surface area contributed by atoms with Crippen LogP contribution in [0.1, 0.15) is 9.67 Å². The number of thiophene rings is 1. The highest BCUT2D eigenvalue weighted by atomic mass is 79.9. The summed E-state index contributed by atoms with van der Waals surface area (Å²) in [5.74, 6) is -0.562. The molecule has 0 aliphatic rings. The fourth-order valence-corrected chi connectivity index (χ4v) is 3.42. The number of rotatable bonds is 2. The van der Waals surface area contributed by atoms with Crippen LogP contribution in [0.4, 0.5) is 10.1 Å². The average molecular weight is 385 g/mol. The van der Waals surface area contributed by atoms with Gasteiger partial charge in [0.25, 0.3) is 5.91 Å². The van der Waals surface area contributed by atoms with Crippen LogP contribution in [0.25, 0.3) is 10.1 Å². The van der Waals surface area contributed by atoms with Gasteiger partial charge in [0.15, 0.2) is 0 Å². The van der Waals surface area contributed by atoms with Gasteiger partial charge in [-0.2, -0.15) is 0 Å². The number of hydrogen-bond acceptors (Lipinski definition) is 2.